The van der Waals surface area contributed by atoms with Crippen LogP contribution in [0.4, 0.5) is 0 Å². The van der Waals surface area contributed by atoms with Gasteiger partial charge in [0, 0.05) is 17.8 Å². The number of amides is 1. The SMILES string of the molecule is COc1cc(-c2cc(C(=O)N3CC(Oc4ccc(Cl)cn4)C3)[nH]n2)cc(OC)c1OC. The maximum absolute atomic E-state index is 12.8. The molecule has 0 bridgehead atoms. The Kier molecular flexibility index (Phi) is 5.85. The van der Waals surface area contributed by atoms with Crippen LogP contribution in [0.5, 0.6) is 23.1 Å². The molecule has 1 aliphatic heterocycles. The molecule has 31 heavy (non-hydrogen) atoms. The molecule has 0 atom stereocenters. The summed E-state index contributed by atoms with van der Waals surface area (Å²) < 4.78 is 21.8. The topological polar surface area (TPSA) is 98.8 Å². The van der Waals surface area contributed by atoms with Crippen LogP contribution in [0.25, 0.3) is 11.3 Å². The van der Waals surface area contributed by atoms with Gasteiger partial charge in [-0.3, -0.25) is 9.89 Å². The van der Waals surface area contributed by atoms with Crippen LogP contribution in [0.3, 0.4) is 0 Å². The Bertz CT molecular complexity index is 1050. The van der Waals surface area contributed by atoms with Crippen molar-refractivity contribution >= 4 is 17.5 Å². The first-order chi connectivity index (χ1) is 15.0. The molecule has 1 N–H and O–H groups in total. The molecule has 3 heterocycles. The normalized spacial score (nSPS) is 13.5. The smallest absolute Gasteiger partial charge is 0.272 e. The quantitative estimate of drug-likeness (QED) is 0.597. The van der Waals surface area contributed by atoms with Crippen LogP contribution in [0.15, 0.2) is 36.5 Å². The average molecular weight is 445 g/mol. The summed E-state index contributed by atoms with van der Waals surface area (Å²) in [5.74, 6) is 1.82. The van der Waals surface area contributed by atoms with Gasteiger partial charge < -0.3 is 23.8 Å². The van der Waals surface area contributed by atoms with Gasteiger partial charge in [0.1, 0.15) is 11.8 Å². The number of H-pyrrole nitrogens is 1. The predicted octanol–water partition coefficient (Wildman–Crippen LogP) is 3.05. The lowest BCUT2D eigenvalue weighted by atomic mass is 10.1. The lowest BCUT2D eigenvalue weighted by Crippen LogP contribution is -2.56. The third-order valence-corrected chi connectivity index (χ3v) is 5.12. The zero-order chi connectivity index (χ0) is 22.0. The Morgan fingerprint density at radius 3 is 2.39 bits per heavy atom. The van der Waals surface area contributed by atoms with Crippen LogP contribution in [-0.4, -0.2) is 66.5 Å². The summed E-state index contributed by atoms with van der Waals surface area (Å²) in [6, 6.07) is 8.65. The third kappa shape index (κ3) is 4.22. The minimum absolute atomic E-state index is 0.116. The lowest BCUT2D eigenvalue weighted by molar-refractivity contribution is 0.0156. The molecule has 9 nitrogen and oxygen atoms in total. The third-order valence-electron chi connectivity index (χ3n) is 4.89. The molecular formula is C21H21ClN4O5. The Morgan fingerprint density at radius 1 is 1.10 bits per heavy atom. The van der Waals surface area contributed by atoms with Crippen molar-refractivity contribution in [3.63, 3.8) is 0 Å². The number of ether oxygens (including phenoxy) is 4. The summed E-state index contributed by atoms with van der Waals surface area (Å²) in [4.78, 5) is 18.5. The first-order valence-corrected chi connectivity index (χ1v) is 9.83. The van der Waals surface area contributed by atoms with Crippen molar-refractivity contribution < 1.29 is 23.7 Å². The first kappa shape index (κ1) is 20.8. The number of pyridine rings is 1. The molecule has 0 unspecified atom stereocenters. The van der Waals surface area contributed by atoms with Crippen LogP contribution >= 0.6 is 11.6 Å². The first-order valence-electron chi connectivity index (χ1n) is 9.45. The fraction of sp³-hybridized carbons (Fsp3) is 0.286. The van der Waals surface area contributed by atoms with Crippen LogP contribution < -0.4 is 18.9 Å². The van der Waals surface area contributed by atoms with Gasteiger partial charge in [-0.15, -0.1) is 0 Å². The highest BCUT2D eigenvalue weighted by atomic mass is 35.5. The van der Waals surface area contributed by atoms with Gasteiger partial charge in [0.2, 0.25) is 11.6 Å². The second kappa shape index (κ2) is 8.73. The highest BCUT2D eigenvalue weighted by Gasteiger charge is 2.34. The molecule has 0 aliphatic carbocycles. The van der Waals surface area contributed by atoms with E-state index in [1.165, 1.54) is 6.20 Å². The maximum atomic E-state index is 12.8. The van der Waals surface area contributed by atoms with Crippen molar-refractivity contribution in [3.05, 3.63) is 47.2 Å². The molecule has 0 spiro atoms. The van der Waals surface area contributed by atoms with E-state index in [4.69, 9.17) is 30.5 Å². The van der Waals surface area contributed by atoms with Crippen molar-refractivity contribution in [2.75, 3.05) is 34.4 Å². The van der Waals surface area contributed by atoms with E-state index in [0.717, 1.165) is 5.56 Å². The van der Waals surface area contributed by atoms with Crippen molar-refractivity contribution in [3.8, 4) is 34.4 Å². The maximum Gasteiger partial charge on any atom is 0.272 e. The zero-order valence-electron chi connectivity index (χ0n) is 17.2. The van der Waals surface area contributed by atoms with Gasteiger partial charge in [0.15, 0.2) is 11.5 Å². The highest BCUT2D eigenvalue weighted by Crippen LogP contribution is 2.40. The number of halogens is 1. The van der Waals surface area contributed by atoms with E-state index in [0.29, 0.717) is 52.6 Å². The van der Waals surface area contributed by atoms with E-state index in [1.807, 2.05) is 0 Å². The second-order valence-corrected chi connectivity index (χ2v) is 7.28. The van der Waals surface area contributed by atoms with Gasteiger partial charge in [0.25, 0.3) is 5.91 Å². The number of aromatic nitrogens is 3. The fourth-order valence-electron chi connectivity index (χ4n) is 3.26. The standard InChI is InChI=1S/C21H21ClN4O5/c1-28-17-6-12(7-18(29-2)20(17)30-3)15-8-16(25-24-15)21(27)26-10-14(11-26)31-19-5-4-13(22)9-23-19/h4-9,14H,10-11H2,1-3H3,(H,24,25). The van der Waals surface area contributed by atoms with Crippen LogP contribution in [-0.2, 0) is 0 Å². The van der Waals surface area contributed by atoms with E-state index in [2.05, 4.69) is 15.2 Å². The van der Waals surface area contributed by atoms with E-state index < -0.39 is 0 Å². The number of nitrogens with zero attached hydrogens (tertiary/aromatic N) is 3. The summed E-state index contributed by atoms with van der Waals surface area (Å²) in [5.41, 5.74) is 1.69. The van der Waals surface area contributed by atoms with Gasteiger partial charge in [-0.2, -0.15) is 5.10 Å². The average Bonchev–Trinajstić information content (AvgIpc) is 3.26. The molecular weight excluding hydrogens is 424 g/mol. The van der Waals surface area contributed by atoms with Crippen LogP contribution in [0.2, 0.25) is 5.02 Å². The molecule has 4 rings (SSSR count). The molecule has 1 amide bonds. The number of hydrogen-bond donors (Lipinski definition) is 1. The van der Waals surface area contributed by atoms with Gasteiger partial charge in [-0.25, -0.2) is 4.98 Å². The number of carbonyl (C=O) groups excluding carboxylic acids is 1. The number of likely N-dealkylation sites (tertiary alicyclic amines) is 1. The Morgan fingerprint density at radius 2 is 1.81 bits per heavy atom. The summed E-state index contributed by atoms with van der Waals surface area (Å²) >= 11 is 5.82. The Hall–Kier alpha value is -3.46. The van der Waals surface area contributed by atoms with E-state index in [-0.39, 0.29) is 12.0 Å². The highest BCUT2D eigenvalue weighted by molar-refractivity contribution is 6.30. The number of methoxy groups -OCH3 is 3. The van der Waals surface area contributed by atoms with Crippen LogP contribution in [0, 0.1) is 0 Å². The number of nitrogens with one attached hydrogen (secondary N) is 1. The zero-order valence-corrected chi connectivity index (χ0v) is 18.0. The Balaban J connectivity index is 1.43. The minimum Gasteiger partial charge on any atom is -0.493 e. The molecule has 3 aromatic rings. The van der Waals surface area contributed by atoms with E-state index >= 15 is 0 Å². The summed E-state index contributed by atoms with van der Waals surface area (Å²) in [7, 11) is 4.63. The van der Waals surface area contributed by atoms with Crippen molar-refractivity contribution in [2.24, 2.45) is 0 Å². The van der Waals surface area contributed by atoms with Gasteiger partial charge in [-0.1, -0.05) is 11.6 Å². The molecule has 1 aromatic carbocycles. The monoisotopic (exact) mass is 444 g/mol. The number of hydrogen-bond acceptors (Lipinski definition) is 7. The minimum atomic E-state index is -0.157. The number of aromatic amines is 1. The molecule has 0 radical (unpaired) electrons. The molecule has 1 fully saturated rings. The van der Waals surface area contributed by atoms with Crippen molar-refractivity contribution in [1.82, 2.24) is 20.1 Å². The molecule has 1 saturated heterocycles. The molecule has 1 aliphatic rings. The second-order valence-electron chi connectivity index (χ2n) is 6.85. The lowest BCUT2D eigenvalue weighted by Gasteiger charge is -2.38. The van der Waals surface area contributed by atoms with Gasteiger partial charge >= 0.3 is 0 Å². The molecule has 0 saturated carbocycles. The molecule has 10 heteroatoms. The van der Waals surface area contributed by atoms with Crippen molar-refractivity contribution in [1.29, 1.82) is 0 Å². The van der Waals surface area contributed by atoms with E-state index in [1.54, 1.807) is 56.6 Å². The predicted molar refractivity (Wildman–Crippen MR) is 113 cm³/mol. The number of carbonyl (C=O) groups is 1. The number of benzene rings is 1. The summed E-state index contributed by atoms with van der Waals surface area (Å²) in [6.07, 6.45) is 1.41. The number of rotatable bonds is 7. The van der Waals surface area contributed by atoms with Gasteiger partial charge in [-0.05, 0) is 24.3 Å². The van der Waals surface area contributed by atoms with Crippen LogP contribution in [0.1, 0.15) is 10.5 Å². The largest absolute Gasteiger partial charge is 0.493 e. The van der Waals surface area contributed by atoms with Gasteiger partial charge in [0.05, 0.1) is 45.1 Å². The Labute approximate surface area is 183 Å². The van der Waals surface area contributed by atoms with Crippen molar-refractivity contribution in [2.45, 2.75) is 6.10 Å². The molecule has 162 valence electrons. The fourth-order valence-corrected chi connectivity index (χ4v) is 3.37. The summed E-state index contributed by atoms with van der Waals surface area (Å²) in [6.45, 7) is 0.920. The molecule has 2 aromatic heterocycles. The van der Waals surface area contributed by atoms with E-state index in [9.17, 15) is 4.79 Å². The summed E-state index contributed by atoms with van der Waals surface area (Å²) in [5, 5.41) is 7.62.